The van der Waals surface area contributed by atoms with E-state index in [0.717, 1.165) is 29.8 Å². The highest BCUT2D eigenvalue weighted by atomic mass is 35.5. The third kappa shape index (κ3) is 5.27. The number of nitrogens with one attached hydrogen (secondary N) is 1. The molecule has 0 saturated carbocycles. The fourth-order valence-electron chi connectivity index (χ4n) is 2.58. The molecule has 0 aromatic heterocycles. The van der Waals surface area contributed by atoms with Crippen LogP contribution in [-0.2, 0) is 0 Å². The SMILES string of the molecule is Cc1c(NC(C)C(C)C)cccc1C(=O)N1CC[C@@H](N)C1.Cl.Cl. The summed E-state index contributed by atoms with van der Waals surface area (Å²) in [6, 6.07) is 6.39. The minimum Gasteiger partial charge on any atom is -0.382 e. The molecule has 1 heterocycles. The van der Waals surface area contributed by atoms with Crippen molar-refractivity contribution in [2.45, 2.75) is 46.2 Å². The highest BCUT2D eigenvalue weighted by Crippen LogP contribution is 2.23. The van der Waals surface area contributed by atoms with E-state index in [0.29, 0.717) is 18.5 Å². The van der Waals surface area contributed by atoms with Crippen LogP contribution in [0.3, 0.4) is 0 Å². The molecular weight excluding hydrogens is 333 g/mol. The number of anilines is 1. The molecule has 3 N–H and O–H groups in total. The normalized spacial score (nSPS) is 18.2. The summed E-state index contributed by atoms with van der Waals surface area (Å²) in [5.74, 6) is 0.640. The number of likely N-dealkylation sites (tertiary alicyclic amines) is 1. The van der Waals surface area contributed by atoms with Crippen LogP contribution in [0.25, 0.3) is 0 Å². The lowest BCUT2D eigenvalue weighted by atomic mass is 10.0. The second-order valence-electron chi connectivity index (χ2n) is 6.46. The Hall–Kier alpha value is -0.970. The Labute approximate surface area is 152 Å². The molecule has 1 aliphatic heterocycles. The number of amides is 1. The Bertz CT molecular complexity index is 523. The first-order valence-electron chi connectivity index (χ1n) is 7.81. The van der Waals surface area contributed by atoms with E-state index in [9.17, 15) is 4.79 Å². The maximum Gasteiger partial charge on any atom is 0.254 e. The average Bonchev–Trinajstić information content (AvgIpc) is 2.87. The van der Waals surface area contributed by atoms with Gasteiger partial charge in [-0.3, -0.25) is 4.79 Å². The summed E-state index contributed by atoms with van der Waals surface area (Å²) in [4.78, 5) is 14.5. The molecule has 1 aliphatic rings. The van der Waals surface area contributed by atoms with Crippen molar-refractivity contribution in [3.63, 3.8) is 0 Å². The zero-order chi connectivity index (χ0) is 15.6. The molecule has 4 nitrogen and oxygen atoms in total. The number of carbonyl (C=O) groups is 1. The van der Waals surface area contributed by atoms with Crippen LogP contribution in [0.5, 0.6) is 0 Å². The van der Waals surface area contributed by atoms with Gasteiger partial charge in [0.25, 0.3) is 5.91 Å². The summed E-state index contributed by atoms with van der Waals surface area (Å²) in [7, 11) is 0. The highest BCUT2D eigenvalue weighted by Gasteiger charge is 2.26. The maximum atomic E-state index is 12.6. The summed E-state index contributed by atoms with van der Waals surface area (Å²) in [6.45, 7) is 9.98. The molecule has 1 fully saturated rings. The van der Waals surface area contributed by atoms with Gasteiger partial charge in [-0.05, 0) is 43.9 Å². The van der Waals surface area contributed by atoms with Gasteiger partial charge in [0.1, 0.15) is 0 Å². The van der Waals surface area contributed by atoms with Gasteiger partial charge in [-0.25, -0.2) is 0 Å². The molecule has 6 heteroatoms. The van der Waals surface area contributed by atoms with E-state index in [2.05, 4.69) is 26.1 Å². The predicted molar refractivity (Wildman–Crippen MR) is 102 cm³/mol. The van der Waals surface area contributed by atoms with Gasteiger partial charge >= 0.3 is 0 Å². The van der Waals surface area contributed by atoms with Gasteiger partial charge in [-0.2, -0.15) is 0 Å². The molecule has 1 aromatic carbocycles. The van der Waals surface area contributed by atoms with Crippen LogP contribution < -0.4 is 11.1 Å². The lowest BCUT2D eigenvalue weighted by molar-refractivity contribution is 0.0790. The molecule has 2 atom stereocenters. The van der Waals surface area contributed by atoms with Crippen molar-refractivity contribution in [1.29, 1.82) is 0 Å². The predicted octanol–water partition coefficient (Wildman–Crippen LogP) is 3.47. The van der Waals surface area contributed by atoms with Crippen LogP contribution in [0.15, 0.2) is 18.2 Å². The summed E-state index contributed by atoms with van der Waals surface area (Å²) in [5.41, 5.74) is 8.75. The van der Waals surface area contributed by atoms with E-state index in [1.54, 1.807) is 0 Å². The smallest absolute Gasteiger partial charge is 0.254 e. The van der Waals surface area contributed by atoms with Crippen LogP contribution in [0.1, 0.15) is 43.1 Å². The number of halogens is 2. The fraction of sp³-hybridized carbons (Fsp3) is 0.588. The van der Waals surface area contributed by atoms with E-state index >= 15 is 0 Å². The lowest BCUT2D eigenvalue weighted by Gasteiger charge is -2.22. The second kappa shape index (κ2) is 9.36. The Balaban J connectivity index is 0.00000242. The average molecular weight is 362 g/mol. The minimum absolute atomic E-state index is 0. The first kappa shape index (κ1) is 22.0. The number of carbonyl (C=O) groups excluding carboxylic acids is 1. The fourth-order valence-corrected chi connectivity index (χ4v) is 2.58. The third-order valence-corrected chi connectivity index (χ3v) is 4.46. The topological polar surface area (TPSA) is 58.4 Å². The van der Waals surface area contributed by atoms with Crippen molar-refractivity contribution >= 4 is 36.4 Å². The van der Waals surface area contributed by atoms with Gasteiger partial charge in [0.05, 0.1) is 0 Å². The van der Waals surface area contributed by atoms with Crippen molar-refractivity contribution in [1.82, 2.24) is 4.90 Å². The van der Waals surface area contributed by atoms with Crippen LogP contribution in [0, 0.1) is 12.8 Å². The van der Waals surface area contributed by atoms with Gasteiger partial charge in [-0.1, -0.05) is 19.9 Å². The maximum absolute atomic E-state index is 12.6. The largest absolute Gasteiger partial charge is 0.382 e. The number of nitrogens with zero attached hydrogens (tertiary/aromatic N) is 1. The van der Waals surface area contributed by atoms with Crippen LogP contribution in [-0.4, -0.2) is 36.0 Å². The molecular formula is C17H29Cl2N3O. The van der Waals surface area contributed by atoms with Crippen molar-refractivity contribution in [2.24, 2.45) is 11.7 Å². The highest BCUT2D eigenvalue weighted by molar-refractivity contribution is 5.97. The first-order valence-corrected chi connectivity index (χ1v) is 7.81. The first-order chi connectivity index (χ1) is 9.90. The molecule has 1 aromatic rings. The Morgan fingerprint density at radius 1 is 1.30 bits per heavy atom. The van der Waals surface area contributed by atoms with Gasteiger partial charge in [-0.15, -0.1) is 24.8 Å². The van der Waals surface area contributed by atoms with Crippen LogP contribution >= 0.6 is 24.8 Å². The number of hydrogen-bond acceptors (Lipinski definition) is 3. The van der Waals surface area contributed by atoms with Crippen molar-refractivity contribution in [2.75, 3.05) is 18.4 Å². The summed E-state index contributed by atoms with van der Waals surface area (Å²) in [5, 5.41) is 3.51. The van der Waals surface area contributed by atoms with E-state index < -0.39 is 0 Å². The Morgan fingerprint density at radius 2 is 1.96 bits per heavy atom. The Kier molecular flexibility index (Phi) is 8.96. The number of benzene rings is 1. The number of hydrogen-bond donors (Lipinski definition) is 2. The molecule has 1 unspecified atom stereocenters. The molecule has 132 valence electrons. The van der Waals surface area contributed by atoms with E-state index in [4.69, 9.17) is 5.73 Å². The molecule has 23 heavy (non-hydrogen) atoms. The van der Waals surface area contributed by atoms with Gasteiger partial charge in [0, 0.05) is 36.4 Å². The Morgan fingerprint density at radius 3 is 2.48 bits per heavy atom. The summed E-state index contributed by atoms with van der Waals surface area (Å²) >= 11 is 0. The summed E-state index contributed by atoms with van der Waals surface area (Å²) in [6.07, 6.45) is 0.896. The quantitative estimate of drug-likeness (QED) is 0.862. The molecule has 0 bridgehead atoms. The van der Waals surface area contributed by atoms with Gasteiger partial charge in [0.15, 0.2) is 0 Å². The molecule has 2 rings (SSSR count). The van der Waals surface area contributed by atoms with Crippen LogP contribution in [0.2, 0.25) is 0 Å². The number of nitrogens with two attached hydrogens (primary N) is 1. The molecule has 0 radical (unpaired) electrons. The zero-order valence-electron chi connectivity index (χ0n) is 14.3. The van der Waals surface area contributed by atoms with E-state index in [1.807, 2.05) is 30.0 Å². The standard InChI is InChI=1S/C17H27N3O.2ClH/c1-11(2)13(4)19-16-7-5-6-15(12(16)3)17(21)20-9-8-14(18)10-20;;/h5-7,11,13-14,19H,8-10,18H2,1-4H3;2*1H/t13?,14-;;/m1../s1. The minimum atomic E-state index is 0. The van der Waals surface area contributed by atoms with Gasteiger partial charge < -0.3 is 16.0 Å². The molecule has 0 spiro atoms. The van der Waals surface area contributed by atoms with Gasteiger partial charge in [0.2, 0.25) is 0 Å². The third-order valence-electron chi connectivity index (χ3n) is 4.46. The van der Waals surface area contributed by atoms with E-state index in [1.165, 1.54) is 0 Å². The zero-order valence-corrected chi connectivity index (χ0v) is 16.0. The van der Waals surface area contributed by atoms with Crippen molar-refractivity contribution in [3.05, 3.63) is 29.3 Å². The van der Waals surface area contributed by atoms with E-state index in [-0.39, 0.29) is 36.8 Å². The number of rotatable bonds is 4. The summed E-state index contributed by atoms with van der Waals surface area (Å²) < 4.78 is 0. The molecule has 1 amide bonds. The molecule has 1 saturated heterocycles. The van der Waals surface area contributed by atoms with Crippen molar-refractivity contribution < 1.29 is 4.79 Å². The molecule has 0 aliphatic carbocycles. The second-order valence-corrected chi connectivity index (χ2v) is 6.46. The van der Waals surface area contributed by atoms with Crippen molar-refractivity contribution in [3.8, 4) is 0 Å². The van der Waals surface area contributed by atoms with Crippen LogP contribution in [0.4, 0.5) is 5.69 Å². The monoisotopic (exact) mass is 361 g/mol. The lowest BCUT2D eigenvalue weighted by Crippen LogP contribution is -2.32.